The van der Waals surface area contributed by atoms with Crippen LogP contribution in [0.5, 0.6) is 11.5 Å². The topological polar surface area (TPSA) is 43.8 Å². The maximum Gasteiger partial charge on any atom is 0.163 e. The first-order chi connectivity index (χ1) is 11.8. The van der Waals surface area contributed by atoms with Crippen LogP contribution in [0, 0.1) is 0 Å². The SMILES string of the molecule is Clc1nc2cc3c(cc2cc1CCCN1CCOCC1)OCCO3. The summed E-state index contributed by atoms with van der Waals surface area (Å²) in [5, 5.41) is 1.63. The molecule has 0 unspecified atom stereocenters. The van der Waals surface area contributed by atoms with Crippen LogP contribution < -0.4 is 9.47 Å². The van der Waals surface area contributed by atoms with Crippen molar-refractivity contribution in [2.24, 2.45) is 0 Å². The fourth-order valence-electron chi connectivity index (χ4n) is 3.22. The molecule has 128 valence electrons. The molecule has 0 amide bonds. The van der Waals surface area contributed by atoms with Gasteiger partial charge in [-0.1, -0.05) is 11.6 Å². The molecular formula is C18H21ClN2O3. The minimum Gasteiger partial charge on any atom is -0.486 e. The Morgan fingerprint density at radius 1 is 1.00 bits per heavy atom. The van der Waals surface area contributed by atoms with Crippen LogP contribution in [0.4, 0.5) is 0 Å². The molecule has 0 saturated carbocycles. The summed E-state index contributed by atoms with van der Waals surface area (Å²) in [7, 11) is 0. The number of hydrogen-bond acceptors (Lipinski definition) is 5. The molecule has 2 aliphatic heterocycles. The molecule has 24 heavy (non-hydrogen) atoms. The van der Waals surface area contributed by atoms with Crippen molar-refractivity contribution in [3.8, 4) is 11.5 Å². The lowest BCUT2D eigenvalue weighted by Crippen LogP contribution is -2.36. The third kappa shape index (κ3) is 3.43. The Hall–Kier alpha value is -1.56. The minimum absolute atomic E-state index is 0.575. The molecule has 2 aliphatic rings. The molecule has 1 aromatic carbocycles. The van der Waals surface area contributed by atoms with E-state index in [-0.39, 0.29) is 0 Å². The fourth-order valence-corrected chi connectivity index (χ4v) is 3.46. The van der Waals surface area contributed by atoms with Crippen molar-refractivity contribution in [2.45, 2.75) is 12.8 Å². The Morgan fingerprint density at radius 2 is 1.75 bits per heavy atom. The standard InChI is InChI=1S/C18H21ClN2O3/c19-18-13(2-1-3-21-4-6-22-7-5-21)10-14-11-16-17(12-15(14)20-18)24-9-8-23-16/h10-12H,1-9H2. The molecule has 2 aromatic rings. The van der Waals surface area contributed by atoms with E-state index in [0.29, 0.717) is 18.4 Å². The summed E-state index contributed by atoms with van der Waals surface area (Å²) in [6, 6.07) is 6.04. The van der Waals surface area contributed by atoms with Gasteiger partial charge in [-0.3, -0.25) is 4.90 Å². The molecular weight excluding hydrogens is 328 g/mol. The number of aromatic nitrogens is 1. The maximum atomic E-state index is 6.39. The van der Waals surface area contributed by atoms with Gasteiger partial charge in [-0.2, -0.15) is 0 Å². The predicted molar refractivity (Wildman–Crippen MR) is 93.3 cm³/mol. The summed E-state index contributed by atoms with van der Waals surface area (Å²) < 4.78 is 16.7. The number of hydrogen-bond donors (Lipinski definition) is 0. The van der Waals surface area contributed by atoms with E-state index in [1.165, 1.54) is 0 Å². The van der Waals surface area contributed by atoms with Crippen molar-refractivity contribution in [2.75, 3.05) is 46.1 Å². The zero-order chi connectivity index (χ0) is 16.4. The van der Waals surface area contributed by atoms with Crippen LogP contribution in [-0.2, 0) is 11.2 Å². The van der Waals surface area contributed by atoms with Gasteiger partial charge < -0.3 is 14.2 Å². The van der Waals surface area contributed by atoms with Crippen LogP contribution in [0.3, 0.4) is 0 Å². The molecule has 5 nitrogen and oxygen atoms in total. The summed E-state index contributed by atoms with van der Waals surface area (Å²) in [5.41, 5.74) is 1.94. The highest BCUT2D eigenvalue weighted by molar-refractivity contribution is 6.30. The molecule has 0 radical (unpaired) electrons. The number of pyridine rings is 1. The largest absolute Gasteiger partial charge is 0.486 e. The Labute approximate surface area is 146 Å². The van der Waals surface area contributed by atoms with Crippen molar-refractivity contribution in [3.63, 3.8) is 0 Å². The van der Waals surface area contributed by atoms with Gasteiger partial charge in [0.2, 0.25) is 0 Å². The van der Waals surface area contributed by atoms with Crippen LogP contribution in [-0.4, -0.2) is 55.9 Å². The van der Waals surface area contributed by atoms with Crippen LogP contribution in [0.2, 0.25) is 5.15 Å². The number of morpholine rings is 1. The van der Waals surface area contributed by atoms with Crippen molar-refractivity contribution in [3.05, 3.63) is 28.9 Å². The van der Waals surface area contributed by atoms with Gasteiger partial charge in [-0.25, -0.2) is 4.98 Å². The quantitative estimate of drug-likeness (QED) is 0.795. The van der Waals surface area contributed by atoms with E-state index >= 15 is 0 Å². The molecule has 6 heteroatoms. The number of halogens is 1. The van der Waals surface area contributed by atoms with Crippen molar-refractivity contribution in [1.29, 1.82) is 0 Å². The molecule has 3 heterocycles. The Balaban J connectivity index is 1.49. The highest BCUT2D eigenvalue weighted by Crippen LogP contribution is 2.35. The van der Waals surface area contributed by atoms with Gasteiger partial charge in [0, 0.05) is 24.5 Å². The first-order valence-corrected chi connectivity index (χ1v) is 8.86. The van der Waals surface area contributed by atoms with E-state index in [9.17, 15) is 0 Å². The lowest BCUT2D eigenvalue weighted by molar-refractivity contribution is 0.0374. The molecule has 4 rings (SSSR count). The number of ether oxygens (including phenoxy) is 3. The third-order valence-electron chi connectivity index (χ3n) is 4.53. The molecule has 0 bridgehead atoms. The van der Waals surface area contributed by atoms with Crippen LogP contribution in [0.25, 0.3) is 10.9 Å². The van der Waals surface area contributed by atoms with Crippen LogP contribution >= 0.6 is 11.6 Å². The van der Waals surface area contributed by atoms with E-state index < -0.39 is 0 Å². The highest BCUT2D eigenvalue weighted by Gasteiger charge is 2.15. The predicted octanol–water partition coefficient (Wildman–Crippen LogP) is 2.92. The first kappa shape index (κ1) is 15.9. The van der Waals surface area contributed by atoms with Crippen molar-refractivity contribution < 1.29 is 14.2 Å². The first-order valence-electron chi connectivity index (χ1n) is 8.48. The Kier molecular flexibility index (Phi) is 4.74. The van der Waals surface area contributed by atoms with E-state index in [4.69, 9.17) is 25.8 Å². The highest BCUT2D eigenvalue weighted by atomic mass is 35.5. The van der Waals surface area contributed by atoms with E-state index in [1.54, 1.807) is 0 Å². The summed E-state index contributed by atoms with van der Waals surface area (Å²) in [4.78, 5) is 6.98. The van der Waals surface area contributed by atoms with Crippen molar-refractivity contribution >= 4 is 22.5 Å². The minimum atomic E-state index is 0.575. The number of fused-ring (bicyclic) bond motifs is 2. The molecule has 1 fully saturated rings. The van der Waals surface area contributed by atoms with Crippen LogP contribution in [0.1, 0.15) is 12.0 Å². The molecule has 0 N–H and O–H groups in total. The second-order valence-electron chi connectivity index (χ2n) is 6.18. The summed E-state index contributed by atoms with van der Waals surface area (Å²) in [6.07, 6.45) is 1.99. The van der Waals surface area contributed by atoms with Crippen LogP contribution in [0.15, 0.2) is 18.2 Å². The Bertz CT molecular complexity index is 732. The molecule has 0 spiro atoms. The van der Waals surface area contributed by atoms with Gasteiger partial charge in [0.15, 0.2) is 11.5 Å². The lowest BCUT2D eigenvalue weighted by atomic mass is 10.1. The average molecular weight is 349 g/mol. The van der Waals surface area contributed by atoms with Gasteiger partial charge in [0.05, 0.1) is 18.7 Å². The average Bonchev–Trinajstić information content (AvgIpc) is 2.61. The molecule has 0 atom stereocenters. The summed E-state index contributed by atoms with van der Waals surface area (Å²) in [6.45, 7) is 5.95. The van der Waals surface area contributed by atoms with Gasteiger partial charge >= 0.3 is 0 Å². The number of benzene rings is 1. The summed E-state index contributed by atoms with van der Waals surface area (Å²) in [5.74, 6) is 1.54. The van der Waals surface area contributed by atoms with Crippen molar-refractivity contribution in [1.82, 2.24) is 9.88 Å². The maximum absolute atomic E-state index is 6.39. The van der Waals surface area contributed by atoms with E-state index in [2.05, 4.69) is 16.0 Å². The zero-order valence-electron chi connectivity index (χ0n) is 13.6. The lowest BCUT2D eigenvalue weighted by Gasteiger charge is -2.26. The smallest absolute Gasteiger partial charge is 0.163 e. The van der Waals surface area contributed by atoms with Gasteiger partial charge in [0.1, 0.15) is 18.4 Å². The normalized spacial score (nSPS) is 18.0. The molecule has 1 saturated heterocycles. The third-order valence-corrected chi connectivity index (χ3v) is 4.86. The molecule has 0 aliphatic carbocycles. The number of rotatable bonds is 4. The zero-order valence-corrected chi connectivity index (χ0v) is 14.3. The van der Waals surface area contributed by atoms with Gasteiger partial charge in [0.25, 0.3) is 0 Å². The second kappa shape index (κ2) is 7.13. The van der Waals surface area contributed by atoms with E-state index in [0.717, 1.165) is 73.7 Å². The fraction of sp³-hybridized carbons (Fsp3) is 0.500. The Morgan fingerprint density at radius 3 is 2.54 bits per heavy atom. The monoisotopic (exact) mass is 348 g/mol. The second-order valence-corrected chi connectivity index (χ2v) is 6.54. The van der Waals surface area contributed by atoms with Gasteiger partial charge in [-0.15, -0.1) is 0 Å². The number of aryl methyl sites for hydroxylation is 1. The summed E-state index contributed by atoms with van der Waals surface area (Å²) >= 11 is 6.39. The van der Waals surface area contributed by atoms with E-state index in [1.807, 2.05) is 12.1 Å². The van der Waals surface area contributed by atoms with Gasteiger partial charge in [-0.05, 0) is 37.1 Å². The molecule has 1 aromatic heterocycles. The number of nitrogens with zero attached hydrogens (tertiary/aromatic N) is 2.